The van der Waals surface area contributed by atoms with Gasteiger partial charge in [-0.15, -0.1) is 0 Å². The molecule has 0 radical (unpaired) electrons. The van der Waals surface area contributed by atoms with Crippen LogP contribution in [0.1, 0.15) is 19.4 Å². The van der Waals surface area contributed by atoms with E-state index in [2.05, 4.69) is 36.2 Å². The van der Waals surface area contributed by atoms with Crippen molar-refractivity contribution in [2.75, 3.05) is 36.5 Å². The number of nitrogens with one attached hydrogen (secondary N) is 1. The molecule has 1 atom stereocenters. The van der Waals surface area contributed by atoms with Crippen LogP contribution >= 0.6 is 0 Å². The van der Waals surface area contributed by atoms with Crippen LogP contribution in [0, 0.1) is 5.92 Å². The predicted molar refractivity (Wildman–Crippen MR) is 82.1 cm³/mol. The zero-order valence-corrected chi connectivity index (χ0v) is 12.6. The predicted octanol–water partition coefficient (Wildman–Crippen LogP) is 2.05. The summed E-state index contributed by atoms with van der Waals surface area (Å²) in [5.41, 5.74) is 3.06. The van der Waals surface area contributed by atoms with E-state index in [9.17, 15) is 4.79 Å². The highest BCUT2D eigenvalue weighted by Crippen LogP contribution is 2.39. The third-order valence-electron chi connectivity index (χ3n) is 4.19. The van der Waals surface area contributed by atoms with Crippen LogP contribution in [0.2, 0.25) is 0 Å². The van der Waals surface area contributed by atoms with Gasteiger partial charge in [-0.05, 0) is 12.0 Å². The van der Waals surface area contributed by atoms with Crippen molar-refractivity contribution in [1.29, 1.82) is 0 Å². The summed E-state index contributed by atoms with van der Waals surface area (Å²) in [6, 6.07) is 4.12. The molecule has 1 aromatic rings. The average molecular weight is 290 g/mol. The molecular weight excluding hydrogens is 268 g/mol. The largest absolute Gasteiger partial charge is 0.489 e. The van der Waals surface area contributed by atoms with Gasteiger partial charge in [-0.1, -0.05) is 13.8 Å². The van der Waals surface area contributed by atoms with E-state index in [0.717, 1.165) is 43.0 Å². The first-order valence-corrected chi connectivity index (χ1v) is 7.55. The van der Waals surface area contributed by atoms with E-state index in [4.69, 9.17) is 9.47 Å². The number of rotatable bonds is 4. The van der Waals surface area contributed by atoms with Crippen molar-refractivity contribution in [2.24, 2.45) is 5.92 Å². The molecule has 3 rings (SSSR count). The van der Waals surface area contributed by atoms with Gasteiger partial charge in [0.1, 0.15) is 11.9 Å². The minimum Gasteiger partial charge on any atom is -0.489 e. The number of hydrogen-bond donors (Lipinski definition) is 1. The maximum absolute atomic E-state index is 10.9. The Hall–Kier alpha value is -1.75. The van der Waals surface area contributed by atoms with E-state index in [-0.39, 0.29) is 6.10 Å². The molecule has 114 valence electrons. The van der Waals surface area contributed by atoms with Crippen LogP contribution in [-0.2, 0) is 16.0 Å². The van der Waals surface area contributed by atoms with Gasteiger partial charge in [-0.2, -0.15) is 0 Å². The summed E-state index contributed by atoms with van der Waals surface area (Å²) in [4.78, 5) is 13.1. The molecule has 1 N–H and O–H groups in total. The fourth-order valence-electron chi connectivity index (χ4n) is 2.92. The van der Waals surface area contributed by atoms with Crippen LogP contribution in [0.4, 0.5) is 11.4 Å². The van der Waals surface area contributed by atoms with Crippen LogP contribution in [-0.4, -0.2) is 38.8 Å². The number of fused-ring (bicyclic) bond motifs is 1. The summed E-state index contributed by atoms with van der Waals surface area (Å²) < 4.78 is 11.5. The van der Waals surface area contributed by atoms with Gasteiger partial charge in [-0.25, -0.2) is 0 Å². The van der Waals surface area contributed by atoms with Gasteiger partial charge < -0.3 is 19.7 Å². The molecule has 5 heteroatoms. The second-order valence-corrected chi connectivity index (χ2v) is 5.94. The Kier molecular flexibility index (Phi) is 4.01. The standard InChI is InChI=1S/C16H22N2O3/c1-11(2)15-8-12-7-13(17-10-19)14(9-16(12)21-15)18-3-5-20-6-4-18/h7,9-11,15H,3-6,8H2,1-2H3,(H,17,19). The lowest BCUT2D eigenvalue weighted by molar-refractivity contribution is -0.105. The fraction of sp³-hybridized carbons (Fsp3) is 0.562. The Morgan fingerprint density at radius 1 is 1.33 bits per heavy atom. The lowest BCUT2D eigenvalue weighted by Gasteiger charge is -2.30. The molecule has 5 nitrogen and oxygen atoms in total. The van der Waals surface area contributed by atoms with Crippen LogP contribution in [0.15, 0.2) is 12.1 Å². The number of amides is 1. The zero-order chi connectivity index (χ0) is 14.8. The van der Waals surface area contributed by atoms with Crippen molar-refractivity contribution >= 4 is 17.8 Å². The maximum Gasteiger partial charge on any atom is 0.211 e. The third-order valence-corrected chi connectivity index (χ3v) is 4.19. The maximum atomic E-state index is 10.9. The summed E-state index contributed by atoms with van der Waals surface area (Å²) in [6.45, 7) is 7.44. The van der Waals surface area contributed by atoms with Crippen LogP contribution in [0.5, 0.6) is 5.75 Å². The van der Waals surface area contributed by atoms with Crippen molar-refractivity contribution in [3.8, 4) is 5.75 Å². The first-order chi connectivity index (χ1) is 10.2. The number of carbonyl (C=O) groups is 1. The molecule has 1 unspecified atom stereocenters. The number of morpholine rings is 1. The van der Waals surface area contributed by atoms with E-state index >= 15 is 0 Å². The van der Waals surface area contributed by atoms with Gasteiger partial charge in [0, 0.05) is 31.1 Å². The number of hydrogen-bond acceptors (Lipinski definition) is 4. The third kappa shape index (κ3) is 2.83. The molecule has 0 bridgehead atoms. The van der Waals surface area contributed by atoms with Crippen molar-refractivity contribution in [3.63, 3.8) is 0 Å². The Balaban J connectivity index is 1.92. The van der Waals surface area contributed by atoms with Crippen molar-refractivity contribution in [1.82, 2.24) is 0 Å². The molecule has 1 aromatic carbocycles. The average Bonchev–Trinajstić information content (AvgIpc) is 2.91. The molecule has 0 aliphatic carbocycles. The summed E-state index contributed by atoms with van der Waals surface area (Å²) in [7, 11) is 0. The van der Waals surface area contributed by atoms with E-state index in [0.29, 0.717) is 19.1 Å². The second kappa shape index (κ2) is 5.93. The normalized spacial score (nSPS) is 21.1. The van der Waals surface area contributed by atoms with E-state index in [1.54, 1.807) is 0 Å². The Morgan fingerprint density at radius 2 is 2.10 bits per heavy atom. The molecule has 0 aromatic heterocycles. The molecule has 1 amide bonds. The summed E-state index contributed by atoms with van der Waals surface area (Å²) in [5, 5.41) is 2.83. The van der Waals surface area contributed by atoms with Crippen LogP contribution in [0.25, 0.3) is 0 Å². The molecule has 1 fully saturated rings. The van der Waals surface area contributed by atoms with Crippen molar-refractivity contribution in [2.45, 2.75) is 26.4 Å². The number of nitrogens with zero attached hydrogens (tertiary/aromatic N) is 1. The topological polar surface area (TPSA) is 50.8 Å². The highest BCUT2D eigenvalue weighted by atomic mass is 16.5. The first-order valence-electron chi connectivity index (χ1n) is 7.55. The van der Waals surface area contributed by atoms with Gasteiger partial charge >= 0.3 is 0 Å². The number of carbonyl (C=O) groups excluding carboxylic acids is 1. The van der Waals surface area contributed by atoms with Gasteiger partial charge in [0.15, 0.2) is 0 Å². The fourth-order valence-corrected chi connectivity index (χ4v) is 2.92. The van der Waals surface area contributed by atoms with Crippen LogP contribution < -0.4 is 15.0 Å². The zero-order valence-electron chi connectivity index (χ0n) is 12.6. The summed E-state index contributed by atoms with van der Waals surface area (Å²) in [5.74, 6) is 1.43. The van der Waals surface area contributed by atoms with E-state index in [1.165, 1.54) is 5.56 Å². The molecule has 2 aliphatic heterocycles. The molecule has 0 spiro atoms. The lowest BCUT2D eigenvalue weighted by atomic mass is 10.0. The smallest absolute Gasteiger partial charge is 0.211 e. The molecule has 0 saturated carbocycles. The minimum absolute atomic E-state index is 0.226. The summed E-state index contributed by atoms with van der Waals surface area (Å²) >= 11 is 0. The molecule has 2 aliphatic rings. The van der Waals surface area contributed by atoms with E-state index in [1.807, 2.05) is 0 Å². The Bertz CT molecular complexity index is 524. The highest BCUT2D eigenvalue weighted by Gasteiger charge is 2.28. The molecule has 1 saturated heterocycles. The SMILES string of the molecule is CC(C)C1Cc2cc(NC=O)c(N3CCOCC3)cc2O1. The Morgan fingerprint density at radius 3 is 2.76 bits per heavy atom. The molecule has 21 heavy (non-hydrogen) atoms. The number of ether oxygens (including phenoxy) is 2. The van der Waals surface area contributed by atoms with Crippen molar-refractivity contribution in [3.05, 3.63) is 17.7 Å². The van der Waals surface area contributed by atoms with Gasteiger partial charge in [-0.3, -0.25) is 4.79 Å². The van der Waals surface area contributed by atoms with Crippen LogP contribution in [0.3, 0.4) is 0 Å². The number of anilines is 2. The summed E-state index contributed by atoms with van der Waals surface area (Å²) in [6.07, 6.45) is 1.87. The lowest BCUT2D eigenvalue weighted by Crippen LogP contribution is -2.36. The highest BCUT2D eigenvalue weighted by molar-refractivity contribution is 5.83. The molecule has 2 heterocycles. The van der Waals surface area contributed by atoms with Gasteiger partial charge in [0.05, 0.1) is 24.6 Å². The molecular formula is C16H22N2O3. The number of benzene rings is 1. The quantitative estimate of drug-likeness (QED) is 0.862. The van der Waals surface area contributed by atoms with E-state index < -0.39 is 0 Å². The second-order valence-electron chi connectivity index (χ2n) is 5.94. The minimum atomic E-state index is 0.226. The van der Waals surface area contributed by atoms with Gasteiger partial charge in [0.2, 0.25) is 6.41 Å². The Labute approximate surface area is 125 Å². The monoisotopic (exact) mass is 290 g/mol. The van der Waals surface area contributed by atoms with Gasteiger partial charge in [0.25, 0.3) is 0 Å². The van der Waals surface area contributed by atoms with Crippen molar-refractivity contribution < 1.29 is 14.3 Å². The first kappa shape index (κ1) is 14.2.